The smallest absolute Gasteiger partial charge is 0.330 e. The Bertz CT molecular complexity index is 1520. The van der Waals surface area contributed by atoms with Crippen LogP contribution in [0.4, 0.5) is 0 Å². The van der Waals surface area contributed by atoms with Crippen LogP contribution in [0.5, 0.6) is 0 Å². The number of hydrogen-bond donors (Lipinski definition) is 1. The molecule has 2 aliphatic rings. The summed E-state index contributed by atoms with van der Waals surface area (Å²) in [6.07, 6.45) is 5.95. The van der Waals surface area contributed by atoms with Crippen molar-refractivity contribution in [1.82, 2.24) is 0 Å². The molecule has 1 N–H and O–H groups in total. The first kappa shape index (κ1) is 62.0. The first-order chi connectivity index (χ1) is 28.0. The van der Waals surface area contributed by atoms with E-state index in [1.54, 1.807) is 6.08 Å². The SMILES string of the molecule is CC1(O[Si](C)(C)C)[C@H](O[Si](C)(C)C(C)(C)C)CC(=CCO)C[C@H]1O[Si](C)(C)C(C)(C)C.COC(=O)C=C1C[C@@H](O[Si](C)(C)C(C)(C)C)C(C)(O[Si](C)(C)C)[C@H](O[Si](C)(C)C(C)(C)C)C1. The van der Waals surface area contributed by atoms with Gasteiger partial charge in [0.15, 0.2) is 49.9 Å². The molecule has 0 radical (unpaired) electrons. The average Bonchev–Trinajstić information content (AvgIpc) is 3.02. The van der Waals surface area contributed by atoms with Crippen LogP contribution in [0, 0.1) is 0 Å². The monoisotopic (exact) mass is 1000 g/mol. The van der Waals surface area contributed by atoms with Crippen LogP contribution in [-0.4, -0.2) is 110 Å². The Hall–Kier alpha value is -0.0287. The molecule has 0 unspecified atom stereocenters. The van der Waals surface area contributed by atoms with Crippen molar-refractivity contribution in [1.29, 1.82) is 0 Å². The predicted molar refractivity (Wildman–Crippen MR) is 288 cm³/mol. The predicted octanol–water partition coefficient (Wildman–Crippen LogP) is 14.4. The summed E-state index contributed by atoms with van der Waals surface area (Å²) < 4.78 is 47.2. The van der Waals surface area contributed by atoms with Crippen molar-refractivity contribution < 1.29 is 41.2 Å². The molecular weight excluding hydrogens is 901 g/mol. The van der Waals surface area contributed by atoms with Gasteiger partial charge in [-0.2, -0.15) is 0 Å². The number of carbonyl (C=O) groups is 1. The molecule has 0 bridgehead atoms. The Balaban J connectivity index is 0.000000641. The van der Waals surface area contributed by atoms with Gasteiger partial charge in [-0.3, -0.25) is 0 Å². The van der Waals surface area contributed by atoms with Gasteiger partial charge in [-0.15, -0.1) is 0 Å². The summed E-state index contributed by atoms with van der Waals surface area (Å²) in [6, 6.07) is 0. The molecular formula is C49H104O9Si6. The van der Waals surface area contributed by atoms with Gasteiger partial charge in [0.2, 0.25) is 0 Å². The minimum Gasteiger partial charge on any atom is -0.466 e. The molecule has 378 valence electrons. The number of methoxy groups -OCH3 is 1. The molecule has 2 aliphatic carbocycles. The molecule has 2 fully saturated rings. The largest absolute Gasteiger partial charge is 0.466 e. The van der Waals surface area contributed by atoms with Crippen LogP contribution in [0.2, 0.25) is 112 Å². The Morgan fingerprint density at radius 2 is 0.750 bits per heavy atom. The van der Waals surface area contributed by atoms with Crippen molar-refractivity contribution in [3.8, 4) is 0 Å². The summed E-state index contributed by atoms with van der Waals surface area (Å²) in [7, 11) is -10.7. The van der Waals surface area contributed by atoms with E-state index in [4.69, 9.17) is 31.3 Å². The summed E-state index contributed by atoms with van der Waals surface area (Å²) in [6.45, 7) is 63.6. The van der Waals surface area contributed by atoms with Crippen LogP contribution in [0.25, 0.3) is 0 Å². The molecule has 0 aliphatic heterocycles. The molecule has 0 aromatic carbocycles. The van der Waals surface area contributed by atoms with E-state index in [0.717, 1.165) is 18.4 Å². The second-order valence-electron chi connectivity index (χ2n) is 27.5. The van der Waals surface area contributed by atoms with E-state index in [2.05, 4.69) is 189 Å². The van der Waals surface area contributed by atoms with Crippen LogP contribution in [0.1, 0.15) is 123 Å². The van der Waals surface area contributed by atoms with Crippen molar-refractivity contribution >= 4 is 55.9 Å². The van der Waals surface area contributed by atoms with Gasteiger partial charge >= 0.3 is 5.97 Å². The highest BCUT2D eigenvalue weighted by atomic mass is 28.4. The molecule has 2 rings (SSSR count). The number of hydrogen-bond acceptors (Lipinski definition) is 9. The number of aliphatic hydroxyl groups excluding tert-OH is 1. The lowest BCUT2D eigenvalue weighted by molar-refractivity contribution is -0.135. The third-order valence-electron chi connectivity index (χ3n) is 15.3. The molecule has 0 aromatic heterocycles. The zero-order chi connectivity index (χ0) is 50.9. The van der Waals surface area contributed by atoms with Crippen molar-refractivity contribution in [3.63, 3.8) is 0 Å². The minimum absolute atomic E-state index is 0.0561. The third kappa shape index (κ3) is 16.8. The van der Waals surface area contributed by atoms with Gasteiger partial charge < -0.3 is 36.4 Å². The van der Waals surface area contributed by atoms with Crippen molar-refractivity contribution in [3.05, 3.63) is 23.3 Å². The van der Waals surface area contributed by atoms with Crippen LogP contribution < -0.4 is 0 Å². The highest BCUT2D eigenvalue weighted by Gasteiger charge is 2.57. The quantitative estimate of drug-likeness (QED) is 0.0789. The summed E-state index contributed by atoms with van der Waals surface area (Å²) >= 11 is 0. The molecule has 64 heavy (non-hydrogen) atoms. The standard InChI is InChI=1S/C25H52O5Si3.C24H52O4Si3/c1-23(2,3)32(12,13)28-20-16-19(18-22(26)27-8)17-21(25(20,7)30-31(9,10)11)29-33(14,15)24(4,5)6;1-22(2,3)30(11,12)26-20-17-19(15-16-25)18-21(24(20,7)28-29(8,9)10)27-31(13,14)23(4,5)6/h18,20-21H,16-17H2,1-15H3;15,20-21,25H,16-18H2,1-14H3/t20-,21-,25?;20-,21-,24?/m11/s1. The average molecular weight is 1010 g/mol. The fraction of sp³-hybridized carbons (Fsp3) is 0.898. The van der Waals surface area contributed by atoms with Gasteiger partial charge in [-0.1, -0.05) is 100 Å². The van der Waals surface area contributed by atoms with E-state index in [1.807, 2.05) is 6.08 Å². The van der Waals surface area contributed by atoms with E-state index >= 15 is 0 Å². The van der Waals surface area contributed by atoms with E-state index in [1.165, 1.54) is 12.7 Å². The van der Waals surface area contributed by atoms with E-state index in [9.17, 15) is 9.90 Å². The summed E-state index contributed by atoms with van der Waals surface area (Å²) in [5.41, 5.74) is 1.14. The Kier molecular flexibility index (Phi) is 20.5. The number of ether oxygens (including phenoxy) is 1. The highest BCUT2D eigenvalue weighted by molar-refractivity contribution is 6.75. The summed E-state index contributed by atoms with van der Waals surface area (Å²) in [5, 5.41) is 10.0. The lowest BCUT2D eigenvalue weighted by atomic mass is 9.78. The van der Waals surface area contributed by atoms with Gasteiger partial charge in [0, 0.05) is 6.08 Å². The van der Waals surface area contributed by atoms with Gasteiger partial charge in [-0.25, -0.2) is 4.79 Å². The minimum atomic E-state index is -2.11. The molecule has 9 nitrogen and oxygen atoms in total. The number of aliphatic hydroxyl groups is 1. The first-order valence-corrected chi connectivity index (χ1v) is 42.6. The van der Waals surface area contributed by atoms with Gasteiger partial charge in [0.1, 0.15) is 11.2 Å². The zero-order valence-electron chi connectivity index (χ0n) is 47.2. The normalized spacial score (nSPS) is 26.3. The van der Waals surface area contributed by atoms with Crippen LogP contribution in [-0.2, 0) is 36.1 Å². The Labute approximate surface area is 402 Å². The molecule has 0 spiro atoms. The number of esters is 1. The van der Waals surface area contributed by atoms with Crippen LogP contribution in [0.3, 0.4) is 0 Å². The molecule has 0 saturated heterocycles. The first-order valence-electron chi connectivity index (χ1n) is 24.2. The highest BCUT2D eigenvalue weighted by Crippen LogP contribution is 2.50. The van der Waals surface area contributed by atoms with Crippen LogP contribution in [0.15, 0.2) is 23.3 Å². The van der Waals surface area contributed by atoms with Gasteiger partial charge in [0.25, 0.3) is 0 Å². The molecule has 15 heteroatoms. The zero-order valence-corrected chi connectivity index (χ0v) is 53.2. The second kappa shape index (κ2) is 21.1. The molecule has 0 heterocycles. The molecule has 4 atom stereocenters. The maximum Gasteiger partial charge on any atom is 0.330 e. The van der Waals surface area contributed by atoms with E-state index < -0.39 is 61.1 Å². The van der Waals surface area contributed by atoms with Crippen molar-refractivity contribution in [2.45, 2.75) is 270 Å². The maximum atomic E-state index is 12.2. The molecule has 2 saturated carbocycles. The van der Waals surface area contributed by atoms with Gasteiger partial charge in [0.05, 0.1) is 38.1 Å². The summed E-state index contributed by atoms with van der Waals surface area (Å²) in [5.74, 6) is -0.322. The van der Waals surface area contributed by atoms with Crippen molar-refractivity contribution in [2.24, 2.45) is 0 Å². The topological polar surface area (TPSA) is 102 Å². The maximum absolute atomic E-state index is 12.2. The number of carbonyl (C=O) groups excluding carboxylic acids is 1. The fourth-order valence-corrected chi connectivity index (χ4v) is 16.0. The van der Waals surface area contributed by atoms with Gasteiger partial charge in [-0.05, 0) is 151 Å². The van der Waals surface area contributed by atoms with Crippen LogP contribution >= 0.6 is 0 Å². The lowest BCUT2D eigenvalue weighted by Crippen LogP contribution is -2.65. The second-order valence-corrected chi connectivity index (χ2v) is 55.3. The van der Waals surface area contributed by atoms with E-state index in [0.29, 0.717) is 12.8 Å². The Morgan fingerprint density at radius 3 is 0.938 bits per heavy atom. The Morgan fingerprint density at radius 1 is 0.516 bits per heavy atom. The van der Waals surface area contributed by atoms with Crippen molar-refractivity contribution in [2.75, 3.05) is 13.7 Å². The number of rotatable bonds is 14. The van der Waals surface area contributed by atoms with E-state index in [-0.39, 0.29) is 57.1 Å². The third-order valence-corrected chi connectivity index (χ3v) is 35.3. The lowest BCUT2D eigenvalue weighted by Gasteiger charge is -2.55. The fourth-order valence-electron chi connectivity index (χ4n) is 7.33. The molecule has 0 aromatic rings. The summed E-state index contributed by atoms with van der Waals surface area (Å²) in [4.78, 5) is 12.2. The molecule has 0 amide bonds.